The number of para-hydroxylation sites is 1. The number of amides is 1. The largest absolute Gasteiger partial charge is 0.326 e. The van der Waals surface area contributed by atoms with Crippen LogP contribution in [0.4, 0.5) is 5.69 Å². The van der Waals surface area contributed by atoms with Crippen molar-refractivity contribution >= 4 is 24.0 Å². The van der Waals surface area contributed by atoms with Gasteiger partial charge in [0.25, 0.3) is 0 Å². The monoisotopic (exact) mass is 371 g/mol. The Kier molecular flexibility index (Phi) is 5.66. The van der Waals surface area contributed by atoms with Crippen molar-refractivity contribution in [2.75, 3.05) is 24.5 Å². The molecular weight excluding hydrogens is 346 g/mol. The molecule has 0 spiro atoms. The molecule has 138 valence electrons. The lowest BCUT2D eigenvalue weighted by Crippen LogP contribution is -2.43. The summed E-state index contributed by atoms with van der Waals surface area (Å²) in [5.74, 6) is 0.482. The number of rotatable bonds is 3. The fourth-order valence-corrected chi connectivity index (χ4v) is 4.31. The van der Waals surface area contributed by atoms with Crippen LogP contribution < -0.4 is 10.6 Å². The molecule has 0 aromatic heterocycles. The molecule has 0 bridgehead atoms. The summed E-state index contributed by atoms with van der Waals surface area (Å²) in [6, 6.07) is 18.9. The minimum Gasteiger partial charge on any atom is -0.326 e. The van der Waals surface area contributed by atoms with Crippen molar-refractivity contribution in [2.24, 2.45) is 5.73 Å². The fraction of sp³-hybridized carbons (Fsp3) is 0.381. The highest BCUT2D eigenvalue weighted by Crippen LogP contribution is 2.32. The van der Waals surface area contributed by atoms with Crippen LogP contribution in [0.15, 0.2) is 54.6 Å². The molecule has 2 heterocycles. The van der Waals surface area contributed by atoms with Gasteiger partial charge in [0.15, 0.2) is 0 Å². The lowest BCUT2D eigenvalue weighted by molar-refractivity contribution is -0.119. The van der Waals surface area contributed by atoms with Gasteiger partial charge in [0.1, 0.15) is 0 Å². The number of hydrogen-bond donors (Lipinski definition) is 1. The van der Waals surface area contributed by atoms with Gasteiger partial charge in [-0.1, -0.05) is 48.5 Å². The van der Waals surface area contributed by atoms with Crippen molar-refractivity contribution in [1.29, 1.82) is 0 Å². The highest BCUT2D eigenvalue weighted by Gasteiger charge is 2.35. The van der Waals surface area contributed by atoms with Crippen LogP contribution in [0.1, 0.15) is 24.0 Å². The van der Waals surface area contributed by atoms with Crippen LogP contribution in [0, 0.1) is 0 Å². The van der Waals surface area contributed by atoms with E-state index < -0.39 is 0 Å². The van der Waals surface area contributed by atoms with E-state index in [9.17, 15) is 4.79 Å². The van der Waals surface area contributed by atoms with Gasteiger partial charge in [0.05, 0.1) is 6.54 Å². The number of hydrogen-bond acceptors (Lipinski definition) is 3. The zero-order valence-electron chi connectivity index (χ0n) is 15.0. The maximum atomic E-state index is 13.0. The second-order valence-corrected chi connectivity index (χ2v) is 7.32. The van der Waals surface area contributed by atoms with E-state index in [1.807, 2.05) is 23.1 Å². The van der Waals surface area contributed by atoms with Gasteiger partial charge in [-0.15, -0.1) is 12.4 Å². The summed E-state index contributed by atoms with van der Waals surface area (Å²) in [5.41, 5.74) is 9.98. The SMILES string of the molecule is CC1Cc2ccccc2N1C(=O)CN1C[C@@H](N)[C@H](c2ccccc2)C1.Cl. The Morgan fingerprint density at radius 2 is 1.77 bits per heavy atom. The molecule has 1 fully saturated rings. The van der Waals surface area contributed by atoms with Crippen LogP contribution in [0.3, 0.4) is 0 Å². The second kappa shape index (κ2) is 7.78. The first-order valence-electron chi connectivity index (χ1n) is 9.06. The van der Waals surface area contributed by atoms with Crippen LogP contribution in [0.25, 0.3) is 0 Å². The van der Waals surface area contributed by atoms with Gasteiger partial charge in [-0.2, -0.15) is 0 Å². The normalized spacial score (nSPS) is 25.0. The van der Waals surface area contributed by atoms with E-state index in [2.05, 4.69) is 48.2 Å². The Morgan fingerprint density at radius 3 is 2.54 bits per heavy atom. The molecule has 2 aromatic rings. The first kappa shape index (κ1) is 18.9. The highest BCUT2D eigenvalue weighted by atomic mass is 35.5. The summed E-state index contributed by atoms with van der Waals surface area (Å²) in [7, 11) is 0. The quantitative estimate of drug-likeness (QED) is 0.902. The Bertz CT molecular complexity index is 767. The van der Waals surface area contributed by atoms with Gasteiger partial charge < -0.3 is 10.6 Å². The van der Waals surface area contributed by atoms with Crippen LogP contribution in [-0.4, -0.2) is 42.5 Å². The van der Waals surface area contributed by atoms with Gasteiger partial charge in [0.2, 0.25) is 5.91 Å². The van der Waals surface area contributed by atoms with Gasteiger partial charge in [0, 0.05) is 36.8 Å². The molecule has 2 aliphatic rings. The number of nitrogens with zero attached hydrogens (tertiary/aromatic N) is 2. The Labute approximate surface area is 161 Å². The third kappa shape index (κ3) is 3.50. The van der Waals surface area contributed by atoms with Crippen LogP contribution in [0.2, 0.25) is 0 Å². The first-order valence-corrected chi connectivity index (χ1v) is 9.06. The van der Waals surface area contributed by atoms with E-state index in [1.54, 1.807) is 0 Å². The number of likely N-dealkylation sites (tertiary alicyclic amines) is 1. The number of carbonyl (C=O) groups is 1. The predicted octanol–water partition coefficient (Wildman–Crippen LogP) is 2.81. The van der Waals surface area contributed by atoms with E-state index in [0.717, 1.165) is 25.2 Å². The van der Waals surface area contributed by atoms with Gasteiger partial charge in [-0.25, -0.2) is 0 Å². The third-order valence-electron chi connectivity index (χ3n) is 5.50. The second-order valence-electron chi connectivity index (χ2n) is 7.32. The van der Waals surface area contributed by atoms with Crippen molar-refractivity contribution in [1.82, 2.24) is 4.90 Å². The predicted molar refractivity (Wildman–Crippen MR) is 108 cm³/mol. The molecule has 2 N–H and O–H groups in total. The standard InChI is InChI=1S/C21H25N3O.ClH/c1-15-11-17-9-5-6-10-20(17)24(15)21(25)14-23-12-18(19(22)13-23)16-7-3-2-4-8-16;/h2-10,15,18-19H,11-14,22H2,1H3;1H/t15?,18-,19+;/m0./s1. The molecule has 3 atom stereocenters. The zero-order chi connectivity index (χ0) is 17.4. The molecule has 1 unspecified atom stereocenters. The highest BCUT2D eigenvalue weighted by molar-refractivity contribution is 5.97. The van der Waals surface area contributed by atoms with Crippen molar-refractivity contribution in [3.63, 3.8) is 0 Å². The number of nitrogens with two attached hydrogens (primary N) is 1. The van der Waals surface area contributed by atoms with Gasteiger partial charge in [-0.3, -0.25) is 9.69 Å². The number of carbonyl (C=O) groups excluding carboxylic acids is 1. The minimum atomic E-state index is 0. The smallest absolute Gasteiger partial charge is 0.241 e. The first-order chi connectivity index (χ1) is 12.1. The topological polar surface area (TPSA) is 49.6 Å². The van der Waals surface area contributed by atoms with Crippen LogP contribution in [-0.2, 0) is 11.2 Å². The lowest BCUT2D eigenvalue weighted by Gasteiger charge is -2.25. The van der Waals surface area contributed by atoms with E-state index in [0.29, 0.717) is 12.5 Å². The van der Waals surface area contributed by atoms with E-state index in [4.69, 9.17) is 5.73 Å². The Hall–Kier alpha value is -1.88. The van der Waals surface area contributed by atoms with Crippen molar-refractivity contribution in [3.8, 4) is 0 Å². The van der Waals surface area contributed by atoms with Crippen molar-refractivity contribution in [3.05, 3.63) is 65.7 Å². The molecule has 2 aliphatic heterocycles. The summed E-state index contributed by atoms with van der Waals surface area (Å²) >= 11 is 0. The molecule has 0 saturated carbocycles. The maximum absolute atomic E-state index is 13.0. The van der Waals surface area contributed by atoms with Gasteiger partial charge in [-0.05, 0) is 30.5 Å². The molecule has 1 amide bonds. The van der Waals surface area contributed by atoms with Crippen molar-refractivity contribution in [2.45, 2.75) is 31.3 Å². The zero-order valence-corrected chi connectivity index (χ0v) is 15.9. The average Bonchev–Trinajstić information content (AvgIpc) is 3.14. The number of fused-ring (bicyclic) bond motifs is 1. The van der Waals surface area contributed by atoms with Crippen LogP contribution >= 0.6 is 12.4 Å². The summed E-state index contributed by atoms with van der Waals surface area (Å²) in [6.07, 6.45) is 0.939. The summed E-state index contributed by atoms with van der Waals surface area (Å²) < 4.78 is 0. The Balaban J connectivity index is 0.00000196. The average molecular weight is 372 g/mol. The van der Waals surface area contributed by atoms with E-state index in [-0.39, 0.29) is 30.4 Å². The minimum absolute atomic E-state index is 0. The summed E-state index contributed by atoms with van der Waals surface area (Å²) in [4.78, 5) is 17.1. The number of anilines is 1. The molecule has 0 aliphatic carbocycles. The molecular formula is C21H26ClN3O. The fourth-order valence-electron chi connectivity index (χ4n) is 4.31. The summed E-state index contributed by atoms with van der Waals surface area (Å²) in [6.45, 7) is 4.19. The molecule has 2 aromatic carbocycles. The van der Waals surface area contributed by atoms with E-state index in [1.165, 1.54) is 11.1 Å². The molecule has 4 nitrogen and oxygen atoms in total. The molecule has 5 heteroatoms. The molecule has 0 radical (unpaired) electrons. The molecule has 26 heavy (non-hydrogen) atoms. The molecule has 4 rings (SSSR count). The summed E-state index contributed by atoms with van der Waals surface area (Å²) in [5, 5.41) is 0. The lowest BCUT2D eigenvalue weighted by atomic mass is 9.95. The van der Waals surface area contributed by atoms with Gasteiger partial charge >= 0.3 is 0 Å². The maximum Gasteiger partial charge on any atom is 0.241 e. The van der Waals surface area contributed by atoms with E-state index >= 15 is 0 Å². The Morgan fingerprint density at radius 1 is 1.08 bits per heavy atom. The van der Waals surface area contributed by atoms with Crippen molar-refractivity contribution < 1.29 is 4.79 Å². The third-order valence-corrected chi connectivity index (χ3v) is 5.50. The number of benzene rings is 2. The number of halogens is 1. The molecule has 1 saturated heterocycles. The van der Waals surface area contributed by atoms with Crippen LogP contribution in [0.5, 0.6) is 0 Å².